The molecule has 0 bridgehead atoms. The van der Waals surface area contributed by atoms with Gasteiger partial charge in [0.05, 0.1) is 16.9 Å². The number of anilines is 1. The monoisotopic (exact) mass is 259 g/mol. The lowest BCUT2D eigenvalue weighted by atomic mass is 10.2. The normalized spacial score (nSPS) is 13.2. The van der Waals surface area contributed by atoms with Crippen molar-refractivity contribution in [3.63, 3.8) is 0 Å². The van der Waals surface area contributed by atoms with Crippen molar-refractivity contribution in [1.29, 1.82) is 0 Å². The average Bonchev–Trinajstić information content (AvgIpc) is 2.18. The molecule has 0 aliphatic heterocycles. The van der Waals surface area contributed by atoms with E-state index in [2.05, 4.69) is 4.72 Å². The Bertz CT molecular complexity index is 431. The summed E-state index contributed by atoms with van der Waals surface area (Å²) in [4.78, 5) is 10.9. The van der Waals surface area contributed by atoms with E-state index >= 15 is 0 Å². The first-order chi connectivity index (χ1) is 7.73. The van der Waals surface area contributed by atoms with Gasteiger partial charge in [-0.1, -0.05) is 6.07 Å². The number of halogens is 1. The summed E-state index contributed by atoms with van der Waals surface area (Å²) in [6, 6.07) is 3.67. The molecule has 1 aromatic rings. The Morgan fingerprint density at radius 1 is 1.47 bits per heavy atom. The van der Waals surface area contributed by atoms with Gasteiger partial charge in [-0.25, -0.2) is 13.9 Å². The van der Waals surface area contributed by atoms with E-state index in [1.807, 2.05) is 0 Å². The molecule has 0 aliphatic carbocycles. The van der Waals surface area contributed by atoms with Gasteiger partial charge in [0.25, 0.3) is 0 Å². The van der Waals surface area contributed by atoms with Gasteiger partial charge in [0.2, 0.25) is 0 Å². The number of rotatable bonds is 3. The fourth-order valence-electron chi connectivity index (χ4n) is 1.05. The molecule has 4 nitrogen and oxygen atoms in total. The number of carboxylic acid groups (broad SMARTS) is 1. The van der Waals surface area contributed by atoms with E-state index in [1.165, 1.54) is 12.1 Å². The molecular weight excluding hydrogens is 245 g/mol. The van der Waals surface area contributed by atoms with Crippen LogP contribution in [0.5, 0.6) is 0 Å². The summed E-state index contributed by atoms with van der Waals surface area (Å²) in [7, 11) is 0. The van der Waals surface area contributed by atoms with E-state index in [1.54, 1.807) is 20.8 Å². The molecule has 1 unspecified atom stereocenters. The van der Waals surface area contributed by atoms with Crippen molar-refractivity contribution < 1.29 is 18.8 Å². The highest BCUT2D eigenvalue weighted by molar-refractivity contribution is 7.94. The van der Waals surface area contributed by atoms with E-state index in [0.717, 1.165) is 6.07 Å². The van der Waals surface area contributed by atoms with Crippen LogP contribution in [0.15, 0.2) is 18.2 Å². The van der Waals surface area contributed by atoms with Crippen LogP contribution in [0, 0.1) is 5.82 Å². The van der Waals surface area contributed by atoms with Crippen molar-refractivity contribution in [2.75, 3.05) is 4.72 Å². The third-order valence-electron chi connectivity index (χ3n) is 1.99. The minimum Gasteiger partial charge on any atom is -0.593 e. The molecule has 0 heterocycles. The summed E-state index contributed by atoms with van der Waals surface area (Å²) in [5.74, 6) is -2.00. The number of nitrogens with one attached hydrogen (secondary N) is 1. The highest BCUT2D eigenvalue weighted by Crippen LogP contribution is 2.25. The van der Waals surface area contributed by atoms with Crippen LogP contribution in [0.4, 0.5) is 10.1 Å². The summed E-state index contributed by atoms with van der Waals surface area (Å²) in [5, 5.41) is 8.90. The Morgan fingerprint density at radius 2 is 2.06 bits per heavy atom. The summed E-state index contributed by atoms with van der Waals surface area (Å²) >= 11 is -1.58. The van der Waals surface area contributed by atoms with Gasteiger partial charge >= 0.3 is 5.97 Å². The molecule has 0 fully saturated rings. The number of hydrogen-bond acceptors (Lipinski definition) is 3. The average molecular weight is 259 g/mol. The number of carbonyl (C=O) groups is 1. The van der Waals surface area contributed by atoms with Crippen LogP contribution in [-0.2, 0) is 11.4 Å². The Morgan fingerprint density at radius 3 is 2.53 bits per heavy atom. The predicted molar refractivity (Wildman–Crippen MR) is 64.9 cm³/mol. The molecule has 0 saturated carbocycles. The molecule has 0 aromatic heterocycles. The molecule has 0 saturated heterocycles. The summed E-state index contributed by atoms with van der Waals surface area (Å²) in [6.07, 6.45) is 0. The van der Waals surface area contributed by atoms with Crippen LogP contribution in [0.25, 0.3) is 0 Å². The maximum atomic E-state index is 13.5. The topological polar surface area (TPSA) is 72.4 Å². The lowest BCUT2D eigenvalue weighted by Crippen LogP contribution is -2.34. The zero-order valence-electron chi connectivity index (χ0n) is 9.78. The van der Waals surface area contributed by atoms with Crippen LogP contribution in [-0.4, -0.2) is 20.4 Å². The molecule has 1 atom stereocenters. The smallest absolute Gasteiger partial charge is 0.338 e. The zero-order chi connectivity index (χ0) is 13.2. The number of aromatic carboxylic acids is 1. The second kappa shape index (κ2) is 4.93. The Kier molecular flexibility index (Phi) is 4.00. The number of carboxylic acids is 1. The van der Waals surface area contributed by atoms with Crippen LogP contribution in [0.3, 0.4) is 0 Å². The van der Waals surface area contributed by atoms with Crippen molar-refractivity contribution in [1.82, 2.24) is 0 Å². The number of hydrogen-bond donors (Lipinski definition) is 2. The number of para-hydroxylation sites is 1. The maximum Gasteiger partial charge on any atom is 0.338 e. The van der Waals surface area contributed by atoms with Crippen LogP contribution >= 0.6 is 0 Å². The second-order valence-corrected chi connectivity index (χ2v) is 6.42. The highest BCUT2D eigenvalue weighted by atomic mass is 32.2. The largest absolute Gasteiger partial charge is 0.593 e. The first-order valence-corrected chi connectivity index (χ1v) is 6.09. The third-order valence-corrected chi connectivity index (χ3v) is 3.50. The molecule has 94 valence electrons. The minimum atomic E-state index is -1.58. The lowest BCUT2D eigenvalue weighted by molar-refractivity contribution is 0.0697. The van der Waals surface area contributed by atoms with Crippen molar-refractivity contribution >= 4 is 23.0 Å². The molecule has 17 heavy (non-hydrogen) atoms. The van der Waals surface area contributed by atoms with E-state index in [4.69, 9.17) is 5.11 Å². The van der Waals surface area contributed by atoms with E-state index < -0.39 is 27.9 Å². The van der Waals surface area contributed by atoms with Gasteiger partial charge in [0.15, 0.2) is 5.82 Å². The molecular formula is C11H14FNO3S. The fraction of sp³-hybridized carbons (Fsp3) is 0.364. The third kappa shape index (κ3) is 3.34. The first-order valence-electron chi connectivity index (χ1n) is 4.94. The lowest BCUT2D eigenvalue weighted by Gasteiger charge is -2.24. The SMILES string of the molecule is CC(C)(C)[S+]([O-])Nc1c(F)cccc1C(=O)O. The molecule has 1 aromatic carbocycles. The van der Waals surface area contributed by atoms with Crippen molar-refractivity contribution in [2.24, 2.45) is 0 Å². The Labute approximate surface area is 102 Å². The van der Waals surface area contributed by atoms with Gasteiger partial charge in [0.1, 0.15) is 10.4 Å². The van der Waals surface area contributed by atoms with Crippen LogP contribution in [0.1, 0.15) is 31.1 Å². The Balaban J connectivity index is 3.09. The van der Waals surface area contributed by atoms with Gasteiger partial charge in [-0.15, -0.1) is 0 Å². The summed E-state index contributed by atoms with van der Waals surface area (Å²) < 4.78 is 27.1. The van der Waals surface area contributed by atoms with Gasteiger partial charge < -0.3 is 9.66 Å². The summed E-state index contributed by atoms with van der Waals surface area (Å²) in [6.45, 7) is 5.12. The molecule has 2 N–H and O–H groups in total. The standard InChI is InChI=1S/C11H14FNO3S/c1-11(2,3)17(16)13-9-7(10(14)15)5-4-6-8(9)12/h4-6,13H,1-3H3,(H,14,15). The Hall–Kier alpha value is -1.27. The molecule has 0 radical (unpaired) electrons. The first kappa shape index (κ1) is 13.8. The molecule has 0 amide bonds. The number of benzene rings is 1. The van der Waals surface area contributed by atoms with Gasteiger partial charge in [0, 0.05) is 0 Å². The van der Waals surface area contributed by atoms with E-state index in [0.29, 0.717) is 0 Å². The van der Waals surface area contributed by atoms with E-state index in [9.17, 15) is 13.7 Å². The van der Waals surface area contributed by atoms with E-state index in [-0.39, 0.29) is 11.3 Å². The molecule has 0 aliphatic rings. The molecule has 6 heteroatoms. The zero-order valence-corrected chi connectivity index (χ0v) is 10.6. The van der Waals surface area contributed by atoms with Gasteiger partial charge in [-0.3, -0.25) is 0 Å². The quantitative estimate of drug-likeness (QED) is 0.817. The van der Waals surface area contributed by atoms with Crippen molar-refractivity contribution in [2.45, 2.75) is 25.5 Å². The highest BCUT2D eigenvalue weighted by Gasteiger charge is 2.29. The fourth-order valence-corrected chi connectivity index (χ4v) is 1.75. The van der Waals surface area contributed by atoms with Crippen molar-refractivity contribution in [3.05, 3.63) is 29.6 Å². The molecule has 1 rings (SSSR count). The van der Waals surface area contributed by atoms with Crippen molar-refractivity contribution in [3.8, 4) is 0 Å². The molecule has 0 spiro atoms. The minimum absolute atomic E-state index is 0.234. The second-order valence-electron chi connectivity index (χ2n) is 4.45. The van der Waals surface area contributed by atoms with Crippen LogP contribution in [0.2, 0.25) is 0 Å². The van der Waals surface area contributed by atoms with Gasteiger partial charge in [-0.05, 0) is 32.9 Å². The predicted octanol–water partition coefficient (Wildman–Crippen LogP) is 2.40. The van der Waals surface area contributed by atoms with Crippen LogP contribution < -0.4 is 4.72 Å². The van der Waals surface area contributed by atoms with Gasteiger partial charge in [-0.2, -0.15) is 0 Å². The maximum absolute atomic E-state index is 13.5. The summed E-state index contributed by atoms with van der Waals surface area (Å²) in [5.41, 5.74) is -0.476.